The van der Waals surface area contributed by atoms with E-state index in [0.29, 0.717) is 11.3 Å². The number of imidazole rings is 1. The Morgan fingerprint density at radius 3 is 2.45 bits per heavy atom. The molecule has 0 aliphatic heterocycles. The number of primary amides is 1. The second kappa shape index (κ2) is 8.38. The van der Waals surface area contributed by atoms with Gasteiger partial charge in [-0.15, -0.1) is 0 Å². The molecule has 10 heteroatoms. The first kappa shape index (κ1) is 22.0. The highest BCUT2D eigenvalue weighted by molar-refractivity contribution is 5.99. The molecule has 4 aromatic rings. The van der Waals surface area contributed by atoms with Crippen LogP contribution in [0.3, 0.4) is 0 Å². The Balaban J connectivity index is 1.74. The molecule has 2 aromatic heterocycles. The molecule has 0 aliphatic rings. The van der Waals surface area contributed by atoms with Gasteiger partial charge in [-0.25, -0.2) is 9.97 Å². The number of amides is 2. The molecule has 0 aliphatic carbocycles. The van der Waals surface area contributed by atoms with Crippen molar-refractivity contribution >= 4 is 17.5 Å². The van der Waals surface area contributed by atoms with E-state index < -0.39 is 29.6 Å². The number of aromatic nitrogens is 3. The van der Waals surface area contributed by atoms with Gasteiger partial charge in [-0.2, -0.15) is 13.2 Å². The second-order valence-electron chi connectivity index (χ2n) is 7.36. The summed E-state index contributed by atoms with van der Waals surface area (Å²) in [6.07, 6.45) is -3.25. The number of halogens is 3. The predicted molar refractivity (Wildman–Crippen MR) is 114 cm³/mol. The van der Waals surface area contributed by atoms with Crippen LogP contribution in [0.15, 0.2) is 67.0 Å². The van der Waals surface area contributed by atoms with Crippen molar-refractivity contribution in [1.82, 2.24) is 19.7 Å². The van der Waals surface area contributed by atoms with Crippen LogP contribution in [0.2, 0.25) is 0 Å². The Labute approximate surface area is 186 Å². The van der Waals surface area contributed by atoms with E-state index in [1.165, 1.54) is 28.9 Å². The van der Waals surface area contributed by atoms with Crippen LogP contribution in [0.25, 0.3) is 16.9 Å². The second-order valence-corrected chi connectivity index (χ2v) is 7.36. The van der Waals surface area contributed by atoms with E-state index in [2.05, 4.69) is 15.3 Å². The smallest absolute Gasteiger partial charge is 0.364 e. The molecule has 0 fully saturated rings. The summed E-state index contributed by atoms with van der Waals surface area (Å²) in [5.41, 5.74) is 6.07. The number of hydrogen-bond donors (Lipinski definition) is 2. The van der Waals surface area contributed by atoms with Crippen molar-refractivity contribution in [2.45, 2.75) is 19.1 Å². The summed E-state index contributed by atoms with van der Waals surface area (Å²) >= 11 is 0. The van der Waals surface area contributed by atoms with E-state index >= 15 is 0 Å². The molecule has 0 saturated heterocycles. The minimum atomic E-state index is -4.50. The average Bonchev–Trinajstić information content (AvgIpc) is 3.23. The van der Waals surface area contributed by atoms with Crippen LogP contribution in [-0.2, 0) is 6.18 Å². The number of fused-ring (bicyclic) bond motifs is 1. The molecule has 0 bridgehead atoms. The molecule has 2 amide bonds. The summed E-state index contributed by atoms with van der Waals surface area (Å²) in [5, 5.41) is 2.70. The zero-order valence-corrected chi connectivity index (χ0v) is 17.3. The highest BCUT2D eigenvalue weighted by Crippen LogP contribution is 2.31. The standard InChI is InChI=1S/C23H18F3N5O2/c1-13(15-8-5-9-16(10-15)23(24,25)26)29-22(33)18-11-17(14-6-3-2-4-7-14)30-21-19(20(27)32)28-12-31(18)21/h2-13H,1H3,(H2,27,32)(H,29,33)/t13-/m1/s1. The number of carbonyl (C=O) groups is 2. The molecule has 0 spiro atoms. The van der Waals surface area contributed by atoms with E-state index in [-0.39, 0.29) is 22.6 Å². The Kier molecular flexibility index (Phi) is 5.59. The minimum absolute atomic E-state index is 0.0951. The fourth-order valence-electron chi connectivity index (χ4n) is 3.41. The van der Waals surface area contributed by atoms with E-state index in [9.17, 15) is 22.8 Å². The minimum Gasteiger partial charge on any atom is -0.364 e. The molecule has 0 saturated carbocycles. The number of nitrogens with zero attached hydrogens (tertiary/aromatic N) is 3. The third-order valence-electron chi connectivity index (χ3n) is 5.10. The van der Waals surface area contributed by atoms with Gasteiger partial charge in [-0.1, -0.05) is 42.5 Å². The van der Waals surface area contributed by atoms with E-state index in [0.717, 1.165) is 12.1 Å². The molecule has 4 rings (SSSR count). The van der Waals surface area contributed by atoms with Gasteiger partial charge < -0.3 is 11.1 Å². The monoisotopic (exact) mass is 453 g/mol. The zero-order valence-electron chi connectivity index (χ0n) is 17.3. The predicted octanol–water partition coefficient (Wildman–Crippen LogP) is 4.01. The van der Waals surface area contributed by atoms with Crippen molar-refractivity contribution in [3.8, 4) is 11.3 Å². The Hall–Kier alpha value is -4.21. The Morgan fingerprint density at radius 1 is 1.06 bits per heavy atom. The summed E-state index contributed by atoms with van der Waals surface area (Å²) < 4.78 is 40.5. The molecule has 0 radical (unpaired) electrons. The van der Waals surface area contributed by atoms with Gasteiger partial charge in [0.15, 0.2) is 11.3 Å². The quantitative estimate of drug-likeness (QED) is 0.477. The highest BCUT2D eigenvalue weighted by atomic mass is 19.4. The fourth-order valence-corrected chi connectivity index (χ4v) is 3.41. The molecule has 7 nitrogen and oxygen atoms in total. The van der Waals surface area contributed by atoms with Gasteiger partial charge >= 0.3 is 6.18 Å². The Morgan fingerprint density at radius 2 is 1.79 bits per heavy atom. The third kappa shape index (κ3) is 4.40. The first-order valence-corrected chi connectivity index (χ1v) is 9.86. The van der Waals surface area contributed by atoms with Gasteiger partial charge in [0, 0.05) is 5.56 Å². The van der Waals surface area contributed by atoms with Crippen molar-refractivity contribution in [1.29, 1.82) is 0 Å². The van der Waals surface area contributed by atoms with E-state index in [1.807, 2.05) is 6.07 Å². The van der Waals surface area contributed by atoms with Crippen molar-refractivity contribution in [2.24, 2.45) is 5.73 Å². The number of carbonyl (C=O) groups excluding carboxylic acids is 2. The summed E-state index contributed by atoms with van der Waals surface area (Å²) in [5.74, 6) is -1.39. The van der Waals surface area contributed by atoms with Crippen LogP contribution in [0.5, 0.6) is 0 Å². The molecule has 2 heterocycles. The third-order valence-corrected chi connectivity index (χ3v) is 5.10. The maximum Gasteiger partial charge on any atom is 0.416 e. The maximum absolute atomic E-state index is 13.2. The van der Waals surface area contributed by atoms with Gasteiger partial charge in [0.25, 0.3) is 11.8 Å². The van der Waals surface area contributed by atoms with Crippen LogP contribution in [0.1, 0.15) is 45.1 Å². The number of alkyl halides is 3. The molecule has 2 aromatic carbocycles. The van der Waals surface area contributed by atoms with Gasteiger partial charge in [-0.05, 0) is 30.7 Å². The van der Waals surface area contributed by atoms with Crippen molar-refractivity contribution in [2.75, 3.05) is 0 Å². The van der Waals surface area contributed by atoms with E-state index in [4.69, 9.17) is 5.73 Å². The van der Waals surface area contributed by atoms with Gasteiger partial charge in [0.1, 0.15) is 12.0 Å². The van der Waals surface area contributed by atoms with Crippen LogP contribution >= 0.6 is 0 Å². The SMILES string of the molecule is C[C@@H](NC(=O)c1cc(-c2ccccc2)nc2c(C(N)=O)ncn12)c1cccc(C(F)(F)F)c1. The van der Waals surface area contributed by atoms with Gasteiger partial charge in [-0.3, -0.25) is 14.0 Å². The van der Waals surface area contributed by atoms with Crippen LogP contribution in [0, 0.1) is 0 Å². The van der Waals surface area contributed by atoms with Crippen LogP contribution < -0.4 is 11.1 Å². The molecule has 3 N–H and O–H groups in total. The van der Waals surface area contributed by atoms with Crippen molar-refractivity contribution in [3.63, 3.8) is 0 Å². The number of nitrogens with two attached hydrogens (primary N) is 1. The van der Waals surface area contributed by atoms with Crippen LogP contribution in [0.4, 0.5) is 13.2 Å². The topological polar surface area (TPSA) is 102 Å². The molecular weight excluding hydrogens is 435 g/mol. The number of rotatable bonds is 5. The van der Waals surface area contributed by atoms with Gasteiger partial charge in [0.05, 0.1) is 17.3 Å². The number of nitrogens with one attached hydrogen (secondary N) is 1. The summed E-state index contributed by atoms with van der Waals surface area (Å²) in [7, 11) is 0. The molecule has 168 valence electrons. The number of hydrogen-bond acceptors (Lipinski definition) is 4. The molecule has 1 atom stereocenters. The lowest BCUT2D eigenvalue weighted by Crippen LogP contribution is -2.28. The van der Waals surface area contributed by atoms with Crippen molar-refractivity contribution < 1.29 is 22.8 Å². The lowest BCUT2D eigenvalue weighted by atomic mass is 10.0. The first-order chi connectivity index (χ1) is 15.6. The van der Waals surface area contributed by atoms with E-state index in [1.54, 1.807) is 31.2 Å². The summed E-state index contributed by atoms with van der Waals surface area (Å²) in [6, 6.07) is 14.5. The first-order valence-electron chi connectivity index (χ1n) is 9.86. The maximum atomic E-state index is 13.2. The zero-order chi connectivity index (χ0) is 23.8. The molecule has 0 unspecified atom stereocenters. The number of benzene rings is 2. The normalized spacial score (nSPS) is 12.5. The molecule has 33 heavy (non-hydrogen) atoms. The lowest BCUT2D eigenvalue weighted by molar-refractivity contribution is -0.137. The highest BCUT2D eigenvalue weighted by Gasteiger charge is 2.31. The fraction of sp³-hybridized carbons (Fsp3) is 0.130. The van der Waals surface area contributed by atoms with Gasteiger partial charge in [0.2, 0.25) is 0 Å². The average molecular weight is 453 g/mol. The summed E-state index contributed by atoms with van der Waals surface area (Å²) in [6.45, 7) is 1.58. The van der Waals surface area contributed by atoms with Crippen LogP contribution in [-0.4, -0.2) is 26.2 Å². The Bertz CT molecular complexity index is 1350. The largest absolute Gasteiger partial charge is 0.416 e. The van der Waals surface area contributed by atoms with Crippen molar-refractivity contribution in [3.05, 3.63) is 89.5 Å². The lowest BCUT2D eigenvalue weighted by Gasteiger charge is -2.17. The molecular formula is C23H18F3N5O2. The summed E-state index contributed by atoms with van der Waals surface area (Å²) in [4.78, 5) is 33.4.